The lowest BCUT2D eigenvalue weighted by Gasteiger charge is -1.95. The number of aromatic amines is 1. The monoisotopic (exact) mass is 312 g/mol. The molecule has 4 rings (SSSR count). The van der Waals surface area contributed by atoms with Crippen molar-refractivity contribution in [3.05, 3.63) is 47.5 Å². The molecule has 1 aliphatic heterocycles. The number of nitrogens with one attached hydrogen (secondary N) is 2. The van der Waals surface area contributed by atoms with Crippen molar-refractivity contribution in [1.29, 1.82) is 0 Å². The maximum atomic E-state index is 13.3. The average Bonchev–Trinajstić information content (AvgIpc) is 3.15. The summed E-state index contributed by atoms with van der Waals surface area (Å²) in [4.78, 5) is 19.4. The van der Waals surface area contributed by atoms with Gasteiger partial charge in [0.2, 0.25) is 5.76 Å². The molecule has 3 aromatic rings. The predicted molar refractivity (Wildman–Crippen MR) is 80.1 cm³/mol. The number of imidazole rings is 1. The van der Waals surface area contributed by atoms with Crippen LogP contribution >= 0.6 is 0 Å². The van der Waals surface area contributed by atoms with E-state index in [-0.39, 0.29) is 11.7 Å². The Balaban J connectivity index is 1.70. The molecule has 116 valence electrons. The Morgan fingerprint density at radius 3 is 3.04 bits per heavy atom. The number of benzene rings is 1. The van der Waals surface area contributed by atoms with Gasteiger partial charge >= 0.3 is 0 Å². The van der Waals surface area contributed by atoms with Crippen LogP contribution in [0.5, 0.6) is 0 Å². The van der Waals surface area contributed by atoms with Crippen LogP contribution in [-0.2, 0) is 6.42 Å². The van der Waals surface area contributed by atoms with Crippen molar-refractivity contribution in [2.45, 2.75) is 12.8 Å². The van der Waals surface area contributed by atoms with Crippen molar-refractivity contribution in [3.8, 4) is 22.8 Å². The van der Waals surface area contributed by atoms with Gasteiger partial charge in [-0.2, -0.15) is 0 Å². The van der Waals surface area contributed by atoms with Crippen LogP contribution in [0.15, 0.2) is 34.9 Å². The SMILES string of the molecule is O=C1NCCCc2[nH]c(-c3cc(-c4cccc(F)c4)no3)nc21. The Kier molecular flexibility index (Phi) is 3.18. The maximum absolute atomic E-state index is 13.3. The quantitative estimate of drug-likeness (QED) is 0.761. The molecule has 0 radical (unpaired) electrons. The van der Waals surface area contributed by atoms with Crippen LogP contribution in [-0.4, -0.2) is 27.6 Å². The number of aryl methyl sites for hydroxylation is 1. The fourth-order valence-electron chi connectivity index (χ4n) is 2.62. The summed E-state index contributed by atoms with van der Waals surface area (Å²) < 4.78 is 18.6. The molecule has 0 spiro atoms. The Hall–Kier alpha value is -2.96. The zero-order chi connectivity index (χ0) is 15.8. The molecule has 7 heteroatoms. The Morgan fingerprint density at radius 2 is 2.17 bits per heavy atom. The molecule has 0 atom stereocenters. The number of hydrogen-bond donors (Lipinski definition) is 2. The van der Waals surface area contributed by atoms with Crippen LogP contribution in [0.3, 0.4) is 0 Å². The van der Waals surface area contributed by atoms with Gasteiger partial charge in [0.25, 0.3) is 5.91 Å². The molecule has 0 aliphatic carbocycles. The number of aromatic nitrogens is 3. The summed E-state index contributed by atoms with van der Waals surface area (Å²) in [5, 5.41) is 6.74. The van der Waals surface area contributed by atoms with Crippen LogP contribution in [0, 0.1) is 5.82 Å². The number of nitrogens with zero attached hydrogens (tertiary/aromatic N) is 2. The van der Waals surface area contributed by atoms with Gasteiger partial charge in [-0.3, -0.25) is 4.79 Å². The molecule has 23 heavy (non-hydrogen) atoms. The van der Waals surface area contributed by atoms with Crippen molar-refractivity contribution in [1.82, 2.24) is 20.4 Å². The van der Waals surface area contributed by atoms with E-state index in [0.717, 1.165) is 18.5 Å². The second kappa shape index (κ2) is 5.35. The van der Waals surface area contributed by atoms with Gasteiger partial charge in [-0.05, 0) is 25.0 Å². The Labute approximate surface area is 130 Å². The number of carbonyl (C=O) groups is 1. The molecule has 1 amide bonds. The number of halogens is 1. The van der Waals surface area contributed by atoms with E-state index >= 15 is 0 Å². The molecular weight excluding hydrogens is 299 g/mol. The van der Waals surface area contributed by atoms with Crippen LogP contribution in [0.4, 0.5) is 4.39 Å². The lowest BCUT2D eigenvalue weighted by Crippen LogP contribution is -2.23. The van der Waals surface area contributed by atoms with Crippen molar-refractivity contribution < 1.29 is 13.7 Å². The first kappa shape index (κ1) is 13.7. The van der Waals surface area contributed by atoms with Gasteiger partial charge in [-0.1, -0.05) is 17.3 Å². The fourth-order valence-corrected chi connectivity index (χ4v) is 2.62. The second-order valence-corrected chi connectivity index (χ2v) is 5.36. The average molecular weight is 312 g/mol. The van der Waals surface area contributed by atoms with Gasteiger partial charge in [0.1, 0.15) is 17.2 Å². The van der Waals surface area contributed by atoms with E-state index in [9.17, 15) is 9.18 Å². The topological polar surface area (TPSA) is 83.8 Å². The van der Waals surface area contributed by atoms with E-state index in [0.29, 0.717) is 35.1 Å². The first-order valence-corrected chi connectivity index (χ1v) is 7.31. The van der Waals surface area contributed by atoms with E-state index in [4.69, 9.17) is 4.52 Å². The molecule has 2 N–H and O–H groups in total. The highest BCUT2D eigenvalue weighted by Gasteiger charge is 2.22. The minimum absolute atomic E-state index is 0.190. The molecule has 0 bridgehead atoms. The summed E-state index contributed by atoms with van der Waals surface area (Å²) in [6, 6.07) is 7.78. The number of hydrogen-bond acceptors (Lipinski definition) is 4. The molecule has 0 saturated heterocycles. The predicted octanol–water partition coefficient (Wildman–Crippen LogP) is 2.55. The van der Waals surface area contributed by atoms with Crippen molar-refractivity contribution in [2.75, 3.05) is 6.54 Å². The number of H-pyrrole nitrogens is 1. The summed E-state index contributed by atoms with van der Waals surface area (Å²) >= 11 is 0. The van der Waals surface area contributed by atoms with Crippen molar-refractivity contribution >= 4 is 5.91 Å². The van der Waals surface area contributed by atoms with Gasteiger partial charge < -0.3 is 14.8 Å². The van der Waals surface area contributed by atoms with E-state index < -0.39 is 0 Å². The highest BCUT2D eigenvalue weighted by molar-refractivity contribution is 5.94. The summed E-state index contributed by atoms with van der Waals surface area (Å²) in [6.45, 7) is 0.643. The number of fused-ring (bicyclic) bond motifs is 1. The van der Waals surface area contributed by atoms with Crippen LogP contribution in [0.25, 0.3) is 22.8 Å². The minimum Gasteiger partial charge on any atom is -0.352 e. The van der Waals surface area contributed by atoms with Gasteiger partial charge in [0.15, 0.2) is 5.82 Å². The zero-order valence-corrected chi connectivity index (χ0v) is 12.1. The van der Waals surface area contributed by atoms with E-state index in [1.54, 1.807) is 18.2 Å². The first-order valence-electron chi connectivity index (χ1n) is 7.31. The molecule has 0 fully saturated rings. The number of carbonyl (C=O) groups excluding carboxylic acids is 1. The molecule has 1 aromatic carbocycles. The lowest BCUT2D eigenvalue weighted by molar-refractivity contribution is 0.0951. The maximum Gasteiger partial charge on any atom is 0.271 e. The third kappa shape index (κ3) is 2.50. The van der Waals surface area contributed by atoms with Gasteiger partial charge in [-0.15, -0.1) is 0 Å². The van der Waals surface area contributed by atoms with E-state index in [1.165, 1.54) is 12.1 Å². The molecule has 3 heterocycles. The highest BCUT2D eigenvalue weighted by atomic mass is 19.1. The van der Waals surface area contributed by atoms with Gasteiger partial charge in [-0.25, -0.2) is 9.37 Å². The van der Waals surface area contributed by atoms with Gasteiger partial charge in [0, 0.05) is 23.9 Å². The number of rotatable bonds is 2. The van der Waals surface area contributed by atoms with Crippen molar-refractivity contribution in [2.24, 2.45) is 0 Å². The Morgan fingerprint density at radius 1 is 1.26 bits per heavy atom. The van der Waals surface area contributed by atoms with Gasteiger partial charge in [0.05, 0.1) is 0 Å². The van der Waals surface area contributed by atoms with Crippen LogP contribution in [0.2, 0.25) is 0 Å². The van der Waals surface area contributed by atoms with E-state index in [2.05, 4.69) is 20.4 Å². The molecule has 1 aliphatic rings. The number of amides is 1. The van der Waals surface area contributed by atoms with Crippen LogP contribution < -0.4 is 5.32 Å². The van der Waals surface area contributed by atoms with E-state index in [1.807, 2.05) is 0 Å². The lowest BCUT2D eigenvalue weighted by atomic mass is 10.1. The summed E-state index contributed by atoms with van der Waals surface area (Å²) in [7, 11) is 0. The first-order chi connectivity index (χ1) is 11.2. The third-order valence-electron chi connectivity index (χ3n) is 3.75. The summed E-state index contributed by atoms with van der Waals surface area (Å²) in [5.74, 6) is 0.325. The zero-order valence-electron chi connectivity index (χ0n) is 12.1. The molecule has 0 unspecified atom stereocenters. The summed E-state index contributed by atoms with van der Waals surface area (Å²) in [6.07, 6.45) is 1.59. The Bertz CT molecular complexity index is 884. The smallest absolute Gasteiger partial charge is 0.271 e. The second-order valence-electron chi connectivity index (χ2n) is 5.36. The van der Waals surface area contributed by atoms with Crippen LogP contribution in [0.1, 0.15) is 22.6 Å². The largest absolute Gasteiger partial charge is 0.352 e. The normalized spacial score (nSPS) is 14.2. The molecule has 2 aromatic heterocycles. The summed E-state index contributed by atoms with van der Waals surface area (Å²) in [5.41, 5.74) is 2.31. The fraction of sp³-hybridized carbons (Fsp3) is 0.188. The molecule has 6 nitrogen and oxygen atoms in total. The third-order valence-corrected chi connectivity index (χ3v) is 3.75. The van der Waals surface area contributed by atoms with Crippen molar-refractivity contribution in [3.63, 3.8) is 0 Å². The molecule has 0 saturated carbocycles. The highest BCUT2D eigenvalue weighted by Crippen LogP contribution is 2.26. The minimum atomic E-state index is -0.339. The molecular formula is C16H13FN4O2. The standard InChI is InChI=1S/C16H13FN4O2/c17-10-4-1-3-9(7-10)12-8-13(23-21-12)15-19-11-5-2-6-18-16(22)14(11)20-15/h1,3-4,7-8H,2,5-6H2,(H,18,22)(H,19,20).